The standard InChI is InChI=1S/C12H18FNO3S/c1-9(2)11(15)7-8-14-18(16,17)12-6-4-3-5-10(12)13/h3-6,9,11,14-15H,7-8H2,1-2H3. The van der Waals surface area contributed by atoms with Crippen LogP contribution in [0.5, 0.6) is 0 Å². The third-order valence-electron chi connectivity index (χ3n) is 2.63. The first kappa shape index (κ1) is 15.1. The fourth-order valence-corrected chi connectivity index (χ4v) is 2.54. The van der Waals surface area contributed by atoms with E-state index in [-0.39, 0.29) is 17.4 Å². The minimum Gasteiger partial charge on any atom is -0.393 e. The van der Waals surface area contributed by atoms with E-state index in [1.54, 1.807) is 0 Å². The van der Waals surface area contributed by atoms with Crippen LogP contribution in [-0.4, -0.2) is 26.2 Å². The van der Waals surface area contributed by atoms with Gasteiger partial charge in [0, 0.05) is 6.54 Å². The quantitative estimate of drug-likeness (QED) is 0.827. The van der Waals surface area contributed by atoms with E-state index in [9.17, 15) is 17.9 Å². The lowest BCUT2D eigenvalue weighted by Gasteiger charge is -2.14. The molecular weight excluding hydrogens is 257 g/mol. The molecule has 1 aromatic rings. The van der Waals surface area contributed by atoms with E-state index in [0.29, 0.717) is 6.42 Å². The predicted octanol–water partition coefficient (Wildman–Crippen LogP) is 1.51. The van der Waals surface area contributed by atoms with Crippen LogP contribution in [0.3, 0.4) is 0 Å². The number of sulfonamides is 1. The maximum Gasteiger partial charge on any atom is 0.243 e. The second kappa shape index (κ2) is 6.26. The number of aliphatic hydroxyl groups excluding tert-OH is 1. The molecule has 0 saturated carbocycles. The Kier molecular flexibility index (Phi) is 5.25. The average molecular weight is 275 g/mol. The SMILES string of the molecule is CC(C)C(O)CCNS(=O)(=O)c1ccccc1F. The van der Waals surface area contributed by atoms with Crippen molar-refractivity contribution in [1.82, 2.24) is 4.72 Å². The lowest BCUT2D eigenvalue weighted by atomic mass is 10.1. The zero-order valence-electron chi connectivity index (χ0n) is 10.4. The Balaban J connectivity index is 2.64. The highest BCUT2D eigenvalue weighted by Gasteiger charge is 2.18. The minimum absolute atomic E-state index is 0.0583. The van der Waals surface area contributed by atoms with Crippen molar-refractivity contribution in [3.05, 3.63) is 30.1 Å². The number of halogens is 1. The van der Waals surface area contributed by atoms with Crippen LogP contribution in [0.15, 0.2) is 29.2 Å². The van der Waals surface area contributed by atoms with Gasteiger partial charge in [-0.1, -0.05) is 26.0 Å². The highest BCUT2D eigenvalue weighted by molar-refractivity contribution is 7.89. The Labute approximate surface area is 107 Å². The topological polar surface area (TPSA) is 66.4 Å². The molecule has 102 valence electrons. The van der Waals surface area contributed by atoms with Crippen molar-refractivity contribution in [2.75, 3.05) is 6.54 Å². The summed E-state index contributed by atoms with van der Waals surface area (Å²) in [6.07, 6.45) is -0.279. The molecule has 0 aromatic heterocycles. The first-order valence-electron chi connectivity index (χ1n) is 5.77. The van der Waals surface area contributed by atoms with Crippen LogP contribution in [0.2, 0.25) is 0 Å². The van der Waals surface area contributed by atoms with E-state index in [1.807, 2.05) is 13.8 Å². The Hall–Kier alpha value is -0.980. The molecule has 1 unspecified atom stereocenters. The lowest BCUT2D eigenvalue weighted by molar-refractivity contribution is 0.118. The van der Waals surface area contributed by atoms with Gasteiger partial charge in [-0.2, -0.15) is 0 Å². The highest BCUT2D eigenvalue weighted by atomic mass is 32.2. The van der Waals surface area contributed by atoms with Crippen molar-refractivity contribution in [2.24, 2.45) is 5.92 Å². The number of rotatable bonds is 6. The molecule has 0 aliphatic heterocycles. The Morgan fingerprint density at radius 3 is 2.50 bits per heavy atom. The molecule has 18 heavy (non-hydrogen) atoms. The fraction of sp³-hybridized carbons (Fsp3) is 0.500. The Morgan fingerprint density at radius 2 is 1.94 bits per heavy atom. The molecule has 1 atom stereocenters. The summed E-state index contributed by atoms with van der Waals surface area (Å²) in [4.78, 5) is -0.371. The van der Waals surface area contributed by atoms with Gasteiger partial charge in [0.2, 0.25) is 10.0 Å². The van der Waals surface area contributed by atoms with E-state index in [1.165, 1.54) is 18.2 Å². The predicted molar refractivity (Wildman–Crippen MR) is 67.1 cm³/mol. The molecule has 0 saturated heterocycles. The number of hydrogen-bond donors (Lipinski definition) is 2. The molecule has 0 aliphatic carbocycles. The third-order valence-corrected chi connectivity index (χ3v) is 4.12. The summed E-state index contributed by atoms with van der Waals surface area (Å²) >= 11 is 0. The van der Waals surface area contributed by atoms with Gasteiger partial charge in [0.1, 0.15) is 10.7 Å². The number of hydrogen-bond acceptors (Lipinski definition) is 3. The van der Waals surface area contributed by atoms with Gasteiger partial charge in [-0.3, -0.25) is 0 Å². The van der Waals surface area contributed by atoms with Crippen LogP contribution < -0.4 is 4.72 Å². The van der Waals surface area contributed by atoms with Crippen molar-refractivity contribution >= 4 is 10.0 Å². The summed E-state index contributed by atoms with van der Waals surface area (Å²) in [7, 11) is -3.85. The molecule has 2 N–H and O–H groups in total. The van der Waals surface area contributed by atoms with Crippen molar-refractivity contribution in [1.29, 1.82) is 0 Å². The Bertz CT molecular complexity index is 488. The van der Waals surface area contributed by atoms with Crippen LogP contribution in [-0.2, 0) is 10.0 Å². The fourth-order valence-electron chi connectivity index (χ4n) is 1.41. The van der Waals surface area contributed by atoms with Crippen molar-refractivity contribution in [2.45, 2.75) is 31.3 Å². The first-order valence-corrected chi connectivity index (χ1v) is 7.25. The molecule has 6 heteroatoms. The summed E-state index contributed by atoms with van der Waals surface area (Å²) < 4.78 is 39.1. The summed E-state index contributed by atoms with van der Waals surface area (Å²) in [6, 6.07) is 5.19. The summed E-state index contributed by atoms with van der Waals surface area (Å²) in [6.45, 7) is 3.77. The molecule has 1 rings (SSSR count). The second-order valence-corrected chi connectivity index (χ2v) is 6.16. The van der Waals surface area contributed by atoms with Crippen LogP contribution in [0.1, 0.15) is 20.3 Å². The monoisotopic (exact) mass is 275 g/mol. The van der Waals surface area contributed by atoms with Gasteiger partial charge in [0.05, 0.1) is 6.10 Å². The van der Waals surface area contributed by atoms with Gasteiger partial charge in [0.15, 0.2) is 0 Å². The lowest BCUT2D eigenvalue weighted by Crippen LogP contribution is -2.29. The summed E-state index contributed by atoms with van der Waals surface area (Å²) in [5.74, 6) is -0.725. The summed E-state index contributed by atoms with van der Waals surface area (Å²) in [5.41, 5.74) is 0. The molecule has 0 heterocycles. The number of nitrogens with one attached hydrogen (secondary N) is 1. The van der Waals surface area contributed by atoms with Gasteiger partial charge >= 0.3 is 0 Å². The van der Waals surface area contributed by atoms with Gasteiger partial charge in [0.25, 0.3) is 0 Å². The molecular formula is C12H18FNO3S. The largest absolute Gasteiger partial charge is 0.393 e. The molecule has 0 aliphatic rings. The normalized spacial score (nSPS) is 13.8. The Morgan fingerprint density at radius 1 is 1.33 bits per heavy atom. The van der Waals surface area contributed by atoms with Crippen LogP contribution >= 0.6 is 0 Å². The highest BCUT2D eigenvalue weighted by Crippen LogP contribution is 2.13. The molecule has 4 nitrogen and oxygen atoms in total. The smallest absolute Gasteiger partial charge is 0.243 e. The van der Waals surface area contributed by atoms with Crippen LogP contribution in [0.25, 0.3) is 0 Å². The molecule has 0 fully saturated rings. The second-order valence-electron chi connectivity index (χ2n) is 4.43. The van der Waals surface area contributed by atoms with Gasteiger partial charge < -0.3 is 5.11 Å². The maximum atomic E-state index is 13.3. The van der Waals surface area contributed by atoms with E-state index in [4.69, 9.17) is 0 Å². The van der Waals surface area contributed by atoms with Crippen LogP contribution in [0, 0.1) is 11.7 Å². The molecule has 0 bridgehead atoms. The van der Waals surface area contributed by atoms with Gasteiger partial charge in [-0.25, -0.2) is 17.5 Å². The molecule has 1 aromatic carbocycles. The summed E-state index contributed by atoms with van der Waals surface area (Å²) in [5, 5.41) is 9.54. The maximum absolute atomic E-state index is 13.3. The van der Waals surface area contributed by atoms with Crippen molar-refractivity contribution in [3.63, 3.8) is 0 Å². The third kappa shape index (κ3) is 4.04. The zero-order chi connectivity index (χ0) is 13.8. The zero-order valence-corrected chi connectivity index (χ0v) is 11.2. The van der Waals surface area contributed by atoms with Gasteiger partial charge in [-0.15, -0.1) is 0 Å². The first-order chi connectivity index (χ1) is 8.34. The van der Waals surface area contributed by atoms with E-state index < -0.39 is 21.9 Å². The van der Waals surface area contributed by atoms with E-state index >= 15 is 0 Å². The average Bonchev–Trinajstić information content (AvgIpc) is 2.28. The minimum atomic E-state index is -3.85. The van der Waals surface area contributed by atoms with Crippen molar-refractivity contribution in [3.8, 4) is 0 Å². The number of benzene rings is 1. The molecule has 0 radical (unpaired) electrons. The van der Waals surface area contributed by atoms with Gasteiger partial charge in [-0.05, 0) is 24.5 Å². The molecule has 0 spiro atoms. The van der Waals surface area contributed by atoms with Crippen LogP contribution in [0.4, 0.5) is 4.39 Å². The number of aliphatic hydroxyl groups is 1. The molecule has 0 amide bonds. The van der Waals surface area contributed by atoms with Crippen molar-refractivity contribution < 1.29 is 17.9 Å². The van der Waals surface area contributed by atoms with E-state index in [0.717, 1.165) is 6.07 Å². The van der Waals surface area contributed by atoms with E-state index in [2.05, 4.69) is 4.72 Å².